The van der Waals surface area contributed by atoms with E-state index in [1.807, 2.05) is 12.1 Å². The summed E-state index contributed by atoms with van der Waals surface area (Å²) in [6, 6.07) is 4.03. The number of aliphatic imine (C=N–C) groups is 1. The highest BCUT2D eigenvalue weighted by Crippen LogP contribution is 2.52. The summed E-state index contributed by atoms with van der Waals surface area (Å²) >= 11 is 0. The molecule has 1 aromatic heterocycles. The highest BCUT2D eigenvalue weighted by molar-refractivity contribution is 6.06. The van der Waals surface area contributed by atoms with Gasteiger partial charge in [0.2, 0.25) is 11.8 Å². The van der Waals surface area contributed by atoms with Gasteiger partial charge in [0.1, 0.15) is 5.76 Å². The lowest BCUT2D eigenvalue weighted by atomic mass is 9.85. The molecule has 0 spiro atoms. The third-order valence-electron chi connectivity index (χ3n) is 7.22. The lowest BCUT2D eigenvalue weighted by Crippen LogP contribution is -2.44. The maximum absolute atomic E-state index is 12.8. The summed E-state index contributed by atoms with van der Waals surface area (Å²) in [7, 11) is 1.74. The summed E-state index contributed by atoms with van der Waals surface area (Å²) < 4.78 is 5.66. The number of carbonyl (C=O) groups excluding carboxylic acids is 2. The van der Waals surface area contributed by atoms with Crippen LogP contribution >= 0.6 is 0 Å². The molecule has 1 aliphatic heterocycles. The molecule has 1 saturated heterocycles. The van der Waals surface area contributed by atoms with Crippen LogP contribution in [0.25, 0.3) is 0 Å². The Bertz CT molecular complexity index is 831. The van der Waals surface area contributed by atoms with E-state index in [4.69, 9.17) is 4.42 Å². The Labute approximate surface area is 190 Å². The number of nitrogens with zero attached hydrogens (tertiary/aromatic N) is 3. The summed E-state index contributed by atoms with van der Waals surface area (Å²) in [5.41, 5.74) is 0. The van der Waals surface area contributed by atoms with Crippen LogP contribution in [0.4, 0.5) is 0 Å². The second-order valence-corrected chi connectivity index (χ2v) is 8.81. The molecule has 2 N–H and O–H groups in total. The first-order valence-electron chi connectivity index (χ1n) is 11.8. The number of fused-ring (bicyclic) bond motifs is 5. The van der Waals surface area contributed by atoms with Gasteiger partial charge in [-0.05, 0) is 49.9 Å². The van der Waals surface area contributed by atoms with E-state index in [9.17, 15) is 9.59 Å². The summed E-state index contributed by atoms with van der Waals surface area (Å²) in [4.78, 5) is 33.7. The Morgan fingerprint density at radius 1 is 1.19 bits per heavy atom. The third-order valence-corrected chi connectivity index (χ3v) is 7.22. The van der Waals surface area contributed by atoms with Crippen LogP contribution in [0.5, 0.6) is 0 Å². The Morgan fingerprint density at radius 2 is 1.88 bits per heavy atom. The number of allylic oxidation sites excluding steroid dienone is 2. The standard InChI is InChI=1S/C24H35N5O3/c1-4-28(5-2)18(19-8-6-13-32-19)15-27-24(25-3)26-11-7-12-29-22(30)20-16-9-10-17(14-16)21(20)23(29)31/h6,8-10,13,16-18,20-21H,4-5,7,11-12,14-15H2,1-3H3,(H2,25,26,27). The van der Waals surface area contributed by atoms with Crippen molar-refractivity contribution in [3.8, 4) is 0 Å². The van der Waals surface area contributed by atoms with Crippen molar-refractivity contribution < 1.29 is 14.0 Å². The van der Waals surface area contributed by atoms with Crippen molar-refractivity contribution in [2.24, 2.45) is 28.7 Å². The number of nitrogens with one attached hydrogen (secondary N) is 2. The van der Waals surface area contributed by atoms with Crippen molar-refractivity contribution in [3.05, 3.63) is 36.3 Å². The molecule has 2 aliphatic carbocycles. The molecule has 8 heteroatoms. The first-order valence-corrected chi connectivity index (χ1v) is 11.8. The largest absolute Gasteiger partial charge is 0.468 e. The van der Waals surface area contributed by atoms with E-state index in [-0.39, 0.29) is 41.5 Å². The predicted molar refractivity (Wildman–Crippen MR) is 123 cm³/mol. The quantitative estimate of drug-likeness (QED) is 0.190. The zero-order valence-corrected chi connectivity index (χ0v) is 19.3. The molecule has 3 aliphatic rings. The van der Waals surface area contributed by atoms with E-state index < -0.39 is 0 Å². The molecule has 1 aromatic rings. The third kappa shape index (κ3) is 4.20. The molecule has 2 heterocycles. The first-order chi connectivity index (χ1) is 15.6. The Balaban J connectivity index is 1.24. The molecule has 32 heavy (non-hydrogen) atoms. The molecule has 0 aromatic carbocycles. The maximum atomic E-state index is 12.8. The van der Waals surface area contributed by atoms with Crippen LogP contribution in [-0.4, -0.2) is 67.3 Å². The highest BCUT2D eigenvalue weighted by Gasteiger charge is 2.58. The van der Waals surface area contributed by atoms with Crippen molar-refractivity contribution >= 4 is 17.8 Å². The van der Waals surface area contributed by atoms with E-state index >= 15 is 0 Å². The predicted octanol–water partition coefficient (Wildman–Crippen LogP) is 2.02. The lowest BCUT2D eigenvalue weighted by molar-refractivity contribution is -0.140. The van der Waals surface area contributed by atoms with Crippen molar-refractivity contribution in [2.75, 3.05) is 39.8 Å². The molecule has 2 fully saturated rings. The van der Waals surface area contributed by atoms with E-state index in [0.29, 0.717) is 32.0 Å². The van der Waals surface area contributed by atoms with Crippen LogP contribution in [0.3, 0.4) is 0 Å². The number of hydrogen-bond acceptors (Lipinski definition) is 5. The smallest absolute Gasteiger partial charge is 0.233 e. The van der Waals surface area contributed by atoms with Gasteiger partial charge in [0.15, 0.2) is 5.96 Å². The molecule has 0 radical (unpaired) electrons. The Hall–Kier alpha value is -2.61. The molecule has 4 rings (SSSR count). The minimum absolute atomic E-state index is 0.0277. The van der Waals surface area contributed by atoms with Gasteiger partial charge in [-0.2, -0.15) is 0 Å². The summed E-state index contributed by atoms with van der Waals surface area (Å²) in [5.74, 6) is 1.99. The van der Waals surface area contributed by atoms with Gasteiger partial charge < -0.3 is 15.1 Å². The minimum atomic E-state index is -0.112. The number of rotatable bonds is 10. The number of likely N-dealkylation sites (N-methyl/N-ethyl adjacent to an activating group) is 1. The Morgan fingerprint density at radius 3 is 2.44 bits per heavy atom. The minimum Gasteiger partial charge on any atom is -0.468 e. The van der Waals surface area contributed by atoms with Crippen LogP contribution in [0.1, 0.15) is 38.5 Å². The van der Waals surface area contributed by atoms with Crippen molar-refractivity contribution in [1.82, 2.24) is 20.4 Å². The summed E-state index contributed by atoms with van der Waals surface area (Å²) in [6.45, 7) is 7.89. The average Bonchev–Trinajstić information content (AvgIpc) is 3.59. The fraction of sp³-hybridized carbons (Fsp3) is 0.625. The summed E-state index contributed by atoms with van der Waals surface area (Å²) in [6.07, 6.45) is 7.63. The molecule has 174 valence electrons. The van der Waals surface area contributed by atoms with Crippen LogP contribution in [-0.2, 0) is 9.59 Å². The molecule has 1 saturated carbocycles. The van der Waals surface area contributed by atoms with E-state index in [1.54, 1.807) is 13.3 Å². The van der Waals surface area contributed by atoms with Crippen LogP contribution in [0.2, 0.25) is 0 Å². The van der Waals surface area contributed by atoms with Gasteiger partial charge in [0.25, 0.3) is 0 Å². The molecule has 2 bridgehead atoms. The number of hydrogen-bond donors (Lipinski definition) is 2. The Kier molecular flexibility index (Phi) is 6.98. The van der Waals surface area contributed by atoms with E-state index in [2.05, 4.69) is 46.5 Å². The normalized spacial score (nSPS) is 27.5. The number of amides is 2. The second-order valence-electron chi connectivity index (χ2n) is 8.81. The van der Waals surface area contributed by atoms with Crippen molar-refractivity contribution in [1.29, 1.82) is 0 Å². The molecular formula is C24H35N5O3. The zero-order chi connectivity index (χ0) is 22.7. The lowest BCUT2D eigenvalue weighted by Gasteiger charge is -2.28. The topological polar surface area (TPSA) is 90.2 Å². The number of guanidine groups is 1. The average molecular weight is 442 g/mol. The molecule has 5 atom stereocenters. The maximum Gasteiger partial charge on any atom is 0.233 e. The first kappa shape index (κ1) is 22.6. The number of imide groups is 1. The van der Waals surface area contributed by atoms with E-state index in [0.717, 1.165) is 25.3 Å². The fourth-order valence-corrected chi connectivity index (χ4v) is 5.60. The number of furan rings is 1. The van der Waals surface area contributed by atoms with Crippen LogP contribution in [0.15, 0.2) is 40.0 Å². The number of likely N-dealkylation sites (tertiary alicyclic amines) is 1. The molecular weight excluding hydrogens is 406 g/mol. The molecule has 8 nitrogen and oxygen atoms in total. The van der Waals surface area contributed by atoms with Gasteiger partial charge in [-0.25, -0.2) is 0 Å². The second kappa shape index (κ2) is 9.90. The van der Waals surface area contributed by atoms with Gasteiger partial charge in [-0.3, -0.25) is 24.4 Å². The van der Waals surface area contributed by atoms with Gasteiger partial charge in [-0.15, -0.1) is 0 Å². The fourth-order valence-electron chi connectivity index (χ4n) is 5.60. The van der Waals surface area contributed by atoms with Crippen molar-refractivity contribution in [3.63, 3.8) is 0 Å². The van der Waals surface area contributed by atoms with Gasteiger partial charge in [0, 0.05) is 26.7 Å². The van der Waals surface area contributed by atoms with Gasteiger partial charge in [0.05, 0.1) is 24.1 Å². The van der Waals surface area contributed by atoms with Gasteiger partial charge >= 0.3 is 0 Å². The zero-order valence-electron chi connectivity index (χ0n) is 19.3. The number of carbonyl (C=O) groups is 2. The van der Waals surface area contributed by atoms with Gasteiger partial charge in [-0.1, -0.05) is 26.0 Å². The molecule has 5 unspecified atom stereocenters. The molecule has 2 amide bonds. The highest BCUT2D eigenvalue weighted by atomic mass is 16.3. The van der Waals surface area contributed by atoms with E-state index in [1.165, 1.54) is 4.90 Å². The SMILES string of the molecule is CCN(CC)C(CNC(=NC)NCCCN1C(=O)C2C3C=CC(C3)C2C1=O)c1ccco1. The van der Waals surface area contributed by atoms with Crippen LogP contribution < -0.4 is 10.6 Å². The summed E-state index contributed by atoms with van der Waals surface area (Å²) in [5, 5.41) is 6.69. The van der Waals surface area contributed by atoms with Crippen molar-refractivity contribution in [2.45, 2.75) is 32.7 Å². The van der Waals surface area contributed by atoms with Crippen LogP contribution in [0, 0.1) is 23.7 Å². The monoisotopic (exact) mass is 441 g/mol.